The summed E-state index contributed by atoms with van der Waals surface area (Å²) in [6.45, 7) is 0. The van der Waals surface area contributed by atoms with Crippen LogP contribution in [-0.2, 0) is 6.42 Å². The van der Waals surface area contributed by atoms with E-state index in [1.807, 2.05) is 30.3 Å². The summed E-state index contributed by atoms with van der Waals surface area (Å²) in [5.74, 6) is 0.273. The molecule has 0 atom stereocenters. The molecule has 0 spiro atoms. The maximum atomic E-state index is 10.3. The van der Waals surface area contributed by atoms with Gasteiger partial charge in [0.1, 0.15) is 11.5 Å². The number of nitrogens with zero attached hydrogens (tertiary/aromatic N) is 1. The molecule has 0 saturated heterocycles. The molecule has 132 valence electrons. The van der Waals surface area contributed by atoms with Gasteiger partial charge in [0.05, 0.1) is 10.2 Å². The summed E-state index contributed by atoms with van der Waals surface area (Å²) in [6, 6.07) is 17.1. The van der Waals surface area contributed by atoms with Crippen molar-refractivity contribution in [3.05, 3.63) is 84.7 Å². The summed E-state index contributed by atoms with van der Waals surface area (Å²) in [6.07, 6.45) is 2.36. The van der Waals surface area contributed by atoms with Gasteiger partial charge in [-0.15, -0.1) is 0 Å². The molecular weight excluding hydrogens is 526 g/mol. The molecule has 0 bridgehead atoms. The third-order valence-electron chi connectivity index (χ3n) is 3.74. The quantitative estimate of drug-likeness (QED) is 0.361. The van der Waals surface area contributed by atoms with Gasteiger partial charge < -0.3 is 10.2 Å². The van der Waals surface area contributed by atoms with E-state index >= 15 is 0 Å². The minimum Gasteiger partial charge on any atom is -0.508 e. The largest absolute Gasteiger partial charge is 0.508 e. The topological polar surface area (TPSA) is 52.8 Å². The van der Waals surface area contributed by atoms with E-state index in [4.69, 9.17) is 0 Å². The van der Waals surface area contributed by atoms with E-state index in [2.05, 4.69) is 64.9 Å². The molecule has 0 aromatic heterocycles. The Labute approximate surface area is 176 Å². The number of benzene rings is 3. The maximum absolute atomic E-state index is 10.3. The molecule has 0 unspecified atom stereocenters. The van der Waals surface area contributed by atoms with Crippen molar-refractivity contribution in [1.29, 1.82) is 0 Å². The molecule has 26 heavy (non-hydrogen) atoms. The molecule has 3 rings (SSSR count). The maximum Gasteiger partial charge on any atom is 0.138 e. The number of aromatic hydroxyl groups is 2. The van der Waals surface area contributed by atoms with Gasteiger partial charge in [-0.2, -0.15) is 0 Å². The first-order valence-corrected chi connectivity index (χ1v) is 10.1. The Hall–Kier alpha value is -1.63. The summed E-state index contributed by atoms with van der Waals surface area (Å²) in [7, 11) is 0. The van der Waals surface area contributed by atoms with Gasteiger partial charge in [-0.3, -0.25) is 4.99 Å². The first-order chi connectivity index (χ1) is 12.4. The summed E-state index contributed by atoms with van der Waals surface area (Å²) < 4.78 is 1.93. The summed E-state index contributed by atoms with van der Waals surface area (Å²) in [4.78, 5) is 4.46. The SMILES string of the molecule is Oc1cc(Br)c(N=Cc2cc(Cc3ccccc3)cc(Br)c2O)c(Br)c1. The predicted molar refractivity (Wildman–Crippen MR) is 116 cm³/mol. The van der Waals surface area contributed by atoms with Crippen LogP contribution in [0.2, 0.25) is 0 Å². The van der Waals surface area contributed by atoms with Crippen LogP contribution in [0.3, 0.4) is 0 Å². The van der Waals surface area contributed by atoms with Gasteiger partial charge in [-0.25, -0.2) is 0 Å². The minimum atomic E-state index is 0.136. The van der Waals surface area contributed by atoms with Crippen LogP contribution < -0.4 is 0 Å². The van der Waals surface area contributed by atoms with Crippen LogP contribution in [0.4, 0.5) is 5.69 Å². The van der Waals surface area contributed by atoms with Crippen LogP contribution >= 0.6 is 47.8 Å². The lowest BCUT2D eigenvalue weighted by Gasteiger charge is -2.08. The fourth-order valence-electron chi connectivity index (χ4n) is 2.52. The first kappa shape index (κ1) is 19.1. The summed E-state index contributed by atoms with van der Waals surface area (Å²) >= 11 is 10.2. The van der Waals surface area contributed by atoms with E-state index in [1.54, 1.807) is 18.3 Å². The molecule has 0 amide bonds. The zero-order chi connectivity index (χ0) is 18.7. The Bertz CT molecular complexity index is 949. The second-order valence-corrected chi connectivity index (χ2v) is 8.26. The van der Waals surface area contributed by atoms with Gasteiger partial charge in [0.2, 0.25) is 0 Å². The van der Waals surface area contributed by atoms with Gasteiger partial charge in [0.15, 0.2) is 0 Å². The fourth-order valence-corrected chi connectivity index (χ4v) is 4.41. The van der Waals surface area contributed by atoms with E-state index in [0.717, 1.165) is 12.0 Å². The molecule has 3 nitrogen and oxygen atoms in total. The standard InChI is InChI=1S/C20H14Br3NO2/c21-16-9-15(25)10-17(22)19(16)24-11-14-7-13(8-18(23)20(14)26)6-12-4-2-1-3-5-12/h1-5,7-11,25-26H,6H2. The Kier molecular flexibility index (Phi) is 6.16. The molecular formula is C20H14Br3NO2. The highest BCUT2D eigenvalue weighted by atomic mass is 79.9. The Balaban J connectivity index is 1.95. The van der Waals surface area contributed by atoms with Crippen molar-refractivity contribution >= 4 is 59.7 Å². The molecule has 0 aliphatic heterocycles. The van der Waals surface area contributed by atoms with Crippen molar-refractivity contribution in [3.63, 3.8) is 0 Å². The van der Waals surface area contributed by atoms with Crippen LogP contribution in [-0.4, -0.2) is 16.4 Å². The molecule has 0 aliphatic rings. The summed E-state index contributed by atoms with van der Waals surface area (Å²) in [5.41, 5.74) is 3.49. The van der Waals surface area contributed by atoms with Crippen molar-refractivity contribution in [2.45, 2.75) is 6.42 Å². The van der Waals surface area contributed by atoms with E-state index in [-0.39, 0.29) is 11.5 Å². The fraction of sp³-hybridized carbons (Fsp3) is 0.0500. The highest BCUT2D eigenvalue weighted by molar-refractivity contribution is 9.11. The van der Waals surface area contributed by atoms with Gasteiger partial charge in [0.25, 0.3) is 0 Å². The molecule has 0 aliphatic carbocycles. The van der Waals surface area contributed by atoms with Crippen molar-refractivity contribution in [3.8, 4) is 11.5 Å². The summed E-state index contributed by atoms with van der Waals surface area (Å²) in [5, 5.41) is 19.9. The first-order valence-electron chi connectivity index (χ1n) is 7.71. The van der Waals surface area contributed by atoms with Crippen LogP contribution in [0.25, 0.3) is 0 Å². The normalized spacial score (nSPS) is 11.2. The van der Waals surface area contributed by atoms with Crippen molar-refractivity contribution in [2.75, 3.05) is 0 Å². The Morgan fingerprint density at radius 1 is 0.808 bits per heavy atom. The second kappa shape index (κ2) is 8.37. The third-order valence-corrected chi connectivity index (χ3v) is 5.55. The monoisotopic (exact) mass is 537 g/mol. The van der Waals surface area contributed by atoms with Crippen LogP contribution in [0.5, 0.6) is 11.5 Å². The minimum absolute atomic E-state index is 0.136. The van der Waals surface area contributed by atoms with E-state index < -0.39 is 0 Å². The zero-order valence-electron chi connectivity index (χ0n) is 13.5. The third kappa shape index (κ3) is 4.55. The molecule has 3 aromatic rings. The Morgan fingerprint density at radius 2 is 1.46 bits per heavy atom. The van der Waals surface area contributed by atoms with Crippen LogP contribution in [0.15, 0.2) is 73.0 Å². The van der Waals surface area contributed by atoms with Gasteiger partial charge in [-0.05, 0) is 89.6 Å². The molecule has 0 fully saturated rings. The molecule has 3 aromatic carbocycles. The lowest BCUT2D eigenvalue weighted by Crippen LogP contribution is -1.92. The van der Waals surface area contributed by atoms with Crippen LogP contribution in [0, 0.1) is 0 Å². The molecule has 0 heterocycles. The lowest BCUT2D eigenvalue weighted by molar-refractivity contribution is 0.470. The lowest BCUT2D eigenvalue weighted by atomic mass is 10.0. The van der Waals surface area contributed by atoms with E-state index in [1.165, 1.54) is 5.56 Å². The average Bonchev–Trinajstić information content (AvgIpc) is 2.59. The predicted octanol–water partition coefficient (Wildman–Crippen LogP) is 6.73. The van der Waals surface area contributed by atoms with Crippen molar-refractivity contribution < 1.29 is 10.2 Å². The van der Waals surface area contributed by atoms with E-state index in [9.17, 15) is 10.2 Å². The van der Waals surface area contributed by atoms with Crippen molar-refractivity contribution in [2.24, 2.45) is 4.99 Å². The molecule has 0 radical (unpaired) electrons. The molecule has 6 heteroatoms. The van der Waals surface area contributed by atoms with Gasteiger partial charge in [-0.1, -0.05) is 30.3 Å². The Morgan fingerprint density at radius 3 is 2.12 bits per heavy atom. The number of halogens is 3. The van der Waals surface area contributed by atoms with Crippen molar-refractivity contribution in [1.82, 2.24) is 0 Å². The number of phenolic OH excluding ortho intramolecular Hbond substituents is 2. The van der Waals surface area contributed by atoms with Crippen LogP contribution in [0.1, 0.15) is 16.7 Å². The number of rotatable bonds is 4. The number of phenols is 2. The highest BCUT2D eigenvalue weighted by Gasteiger charge is 2.09. The highest BCUT2D eigenvalue weighted by Crippen LogP contribution is 2.37. The van der Waals surface area contributed by atoms with Gasteiger partial charge >= 0.3 is 0 Å². The van der Waals surface area contributed by atoms with E-state index in [0.29, 0.717) is 24.7 Å². The second-order valence-electron chi connectivity index (χ2n) is 5.69. The zero-order valence-corrected chi connectivity index (χ0v) is 18.2. The number of hydrogen-bond acceptors (Lipinski definition) is 3. The smallest absolute Gasteiger partial charge is 0.138 e. The molecule has 2 N–H and O–H groups in total. The number of hydrogen-bond donors (Lipinski definition) is 2. The molecule has 0 saturated carbocycles. The average molecular weight is 540 g/mol. The van der Waals surface area contributed by atoms with Gasteiger partial charge in [0, 0.05) is 20.7 Å². The number of aliphatic imine (C=N–C) groups is 1.